The topological polar surface area (TPSA) is 0 Å². The monoisotopic (exact) mass is 299 g/mol. The molecule has 2 rings (SSSR count). The summed E-state index contributed by atoms with van der Waals surface area (Å²) in [7, 11) is 0. The molecular weight excluding hydrogens is 291 g/mol. The van der Waals surface area contributed by atoms with Gasteiger partial charge in [0.25, 0.3) is 0 Å². The van der Waals surface area contributed by atoms with Crippen LogP contribution in [0.25, 0.3) is 6.08 Å². The van der Waals surface area contributed by atoms with Gasteiger partial charge in [0.05, 0.1) is 0 Å². The van der Waals surface area contributed by atoms with Gasteiger partial charge in [-0.2, -0.15) is 0 Å². The van der Waals surface area contributed by atoms with E-state index in [0.717, 1.165) is 3.63 Å². The van der Waals surface area contributed by atoms with Crippen LogP contribution in [0.2, 0.25) is 4.63 Å². The molecule has 0 saturated heterocycles. The zero-order chi connectivity index (χ0) is 7.68. The average Bonchev–Trinajstić information content (AvgIpc) is 2.47. The van der Waals surface area contributed by atoms with Gasteiger partial charge < -0.3 is 17.0 Å². The van der Waals surface area contributed by atoms with Gasteiger partial charge in [-0.05, 0) is 0 Å². The quantitative estimate of drug-likeness (QED) is 0.679. The molecule has 0 saturated carbocycles. The van der Waals surface area contributed by atoms with Crippen LogP contribution in [-0.4, -0.2) is 0 Å². The van der Waals surface area contributed by atoms with Crippen LogP contribution < -0.4 is 17.0 Å². The molecule has 0 aliphatic heterocycles. The Balaban J connectivity index is 0.000000720. The third-order valence-electron chi connectivity index (χ3n) is 2.11. The molecule has 1 aromatic rings. The fraction of sp³-hybridized carbons (Fsp3) is 0.200. The van der Waals surface area contributed by atoms with E-state index in [1.165, 1.54) is 5.56 Å². The van der Waals surface area contributed by atoms with Crippen molar-refractivity contribution in [2.45, 2.75) is 8.26 Å². The second kappa shape index (κ2) is 4.53. The van der Waals surface area contributed by atoms with E-state index in [4.69, 9.17) is 0 Å². The van der Waals surface area contributed by atoms with Crippen molar-refractivity contribution in [3.63, 3.8) is 0 Å². The van der Waals surface area contributed by atoms with E-state index in [2.05, 4.69) is 41.0 Å². The summed E-state index contributed by atoms with van der Waals surface area (Å²) in [6.07, 6.45) is 4.64. The molecule has 61 valence electrons. The Kier molecular flexibility index (Phi) is 3.93. The number of benzene rings is 1. The maximum atomic E-state index is 2.40. The minimum absolute atomic E-state index is 0. The molecule has 1 aliphatic carbocycles. The molecule has 2 heteroatoms. The van der Waals surface area contributed by atoms with Crippen LogP contribution >= 0.6 is 0 Å². The minimum atomic E-state index is -0.156. The summed E-state index contributed by atoms with van der Waals surface area (Å²) in [4.78, 5) is 0. The first-order valence-electron chi connectivity index (χ1n) is 3.86. The van der Waals surface area contributed by atoms with Gasteiger partial charge in [0.15, 0.2) is 0 Å². The number of allylic oxidation sites excluding steroid dienone is 1. The van der Waals surface area contributed by atoms with Gasteiger partial charge in [-0.15, -0.1) is 0 Å². The van der Waals surface area contributed by atoms with E-state index >= 15 is 0 Å². The van der Waals surface area contributed by atoms with E-state index in [1.54, 1.807) is 5.56 Å². The van der Waals surface area contributed by atoms with Crippen LogP contribution in [0.15, 0.2) is 30.3 Å². The summed E-state index contributed by atoms with van der Waals surface area (Å²) >= 11 is -0.156. The molecule has 1 unspecified atom stereocenters. The van der Waals surface area contributed by atoms with Crippen LogP contribution in [0.4, 0.5) is 0 Å². The molecule has 0 bridgehead atoms. The second-order valence-electron chi connectivity index (χ2n) is 2.75. The van der Waals surface area contributed by atoms with Gasteiger partial charge in [0, 0.05) is 0 Å². The number of halogens is 1. The van der Waals surface area contributed by atoms with Crippen molar-refractivity contribution < 1.29 is 40.2 Å². The molecule has 0 N–H and O–H groups in total. The summed E-state index contributed by atoms with van der Waals surface area (Å²) in [6, 6.07) is 8.74. The van der Waals surface area contributed by atoms with Crippen LogP contribution in [0, 0.1) is 0 Å². The summed E-state index contributed by atoms with van der Waals surface area (Å²) in [5.41, 5.74) is 3.02. The molecule has 1 aliphatic rings. The zero-order valence-electron chi connectivity index (χ0n) is 6.92. The number of hydrogen-bond donors (Lipinski definition) is 0. The number of hydrogen-bond acceptors (Lipinski definition) is 0. The number of fused-ring (bicyclic) bond motifs is 1. The first-order valence-corrected chi connectivity index (χ1v) is 7.74. The molecule has 0 fully saturated rings. The summed E-state index contributed by atoms with van der Waals surface area (Å²) in [5, 5.41) is 0. The average molecular weight is 301 g/mol. The normalized spacial score (nSPS) is 17.9. The van der Waals surface area contributed by atoms with E-state index < -0.39 is 0 Å². The summed E-state index contributed by atoms with van der Waals surface area (Å²) in [5.74, 6) is 0. The van der Waals surface area contributed by atoms with Gasteiger partial charge in [-0.1, -0.05) is 0 Å². The van der Waals surface area contributed by atoms with Crippen molar-refractivity contribution in [2.75, 3.05) is 0 Å². The summed E-state index contributed by atoms with van der Waals surface area (Å²) < 4.78 is 3.25. The Morgan fingerprint density at radius 2 is 2.00 bits per heavy atom. The zero-order valence-corrected chi connectivity index (χ0v) is 11.0. The van der Waals surface area contributed by atoms with E-state index in [1.807, 2.05) is 0 Å². The second-order valence-corrected chi connectivity index (χ2v) is 5.70. The Labute approximate surface area is 95.4 Å². The fourth-order valence-electron chi connectivity index (χ4n) is 1.50. The first-order chi connectivity index (χ1) is 5.42. The van der Waals surface area contributed by atoms with Crippen LogP contribution in [0.1, 0.15) is 14.8 Å². The van der Waals surface area contributed by atoms with Crippen molar-refractivity contribution >= 4 is 6.08 Å². The van der Waals surface area contributed by atoms with Crippen LogP contribution in [-0.2, 0) is 23.2 Å². The summed E-state index contributed by atoms with van der Waals surface area (Å²) in [6.45, 7) is 0. The first kappa shape index (κ1) is 10.4. The molecule has 0 heterocycles. The predicted octanol–water partition coefficient (Wildman–Crippen LogP) is -0.111. The van der Waals surface area contributed by atoms with Gasteiger partial charge in [0.2, 0.25) is 0 Å². The van der Waals surface area contributed by atoms with E-state index in [-0.39, 0.29) is 40.2 Å². The van der Waals surface area contributed by atoms with Crippen molar-refractivity contribution in [1.82, 2.24) is 0 Å². The molecule has 1 atom stereocenters. The molecule has 0 radical (unpaired) electrons. The van der Waals surface area contributed by atoms with Gasteiger partial charge in [0.1, 0.15) is 0 Å². The van der Waals surface area contributed by atoms with Crippen LogP contribution in [0.5, 0.6) is 0 Å². The Hall–Kier alpha value is 0.323. The standard InChI is InChI=1S/C9H7.CH3.BrH.Zr/c1-2-5-9-7-3-6-8(9)4-1;;;/h1-7H;1H3;1H;/q;;;+1/p-1. The molecule has 0 amide bonds. The predicted molar refractivity (Wildman–Crippen MR) is 44.1 cm³/mol. The SMILES string of the molecule is [Br-].[CH3][Zr+][CH]1C=Cc2ccccc21. The van der Waals surface area contributed by atoms with Gasteiger partial charge >= 0.3 is 79.0 Å². The number of rotatable bonds is 1. The van der Waals surface area contributed by atoms with Crippen LogP contribution in [0.3, 0.4) is 0 Å². The van der Waals surface area contributed by atoms with E-state index in [0.29, 0.717) is 0 Å². The maximum absolute atomic E-state index is 2.40. The molecule has 12 heavy (non-hydrogen) atoms. The van der Waals surface area contributed by atoms with Crippen molar-refractivity contribution in [1.29, 1.82) is 0 Å². The van der Waals surface area contributed by atoms with Crippen molar-refractivity contribution in [3.8, 4) is 0 Å². The fourth-order valence-corrected chi connectivity index (χ4v) is 3.62. The molecule has 0 spiro atoms. The Morgan fingerprint density at radius 1 is 1.25 bits per heavy atom. The molecular formula is C10H10BrZr. The molecule has 0 aromatic heterocycles. The van der Waals surface area contributed by atoms with Gasteiger partial charge in [-0.3, -0.25) is 0 Å². The van der Waals surface area contributed by atoms with Crippen molar-refractivity contribution in [2.24, 2.45) is 0 Å². The van der Waals surface area contributed by atoms with Crippen molar-refractivity contribution in [3.05, 3.63) is 41.5 Å². The Bertz CT molecular complexity index is 294. The third-order valence-corrected chi connectivity index (χ3v) is 4.88. The van der Waals surface area contributed by atoms with E-state index in [9.17, 15) is 0 Å². The third kappa shape index (κ3) is 1.80. The Morgan fingerprint density at radius 3 is 2.75 bits per heavy atom. The molecule has 1 aromatic carbocycles. The molecule has 0 nitrogen and oxygen atoms in total. The van der Waals surface area contributed by atoms with Gasteiger partial charge in [-0.25, -0.2) is 0 Å².